The fourth-order valence-electron chi connectivity index (χ4n) is 0.510. The molecule has 0 fully saturated rings. The third-order valence-corrected chi connectivity index (χ3v) is 1.47. The summed E-state index contributed by atoms with van der Waals surface area (Å²) in [6.45, 7) is 1.16. The smallest absolute Gasteiger partial charge is 0.326 e. The maximum absolute atomic E-state index is 11.7. The molecule has 12 heavy (non-hydrogen) atoms. The first-order valence-corrected chi connectivity index (χ1v) is 3.15. The molecule has 0 radical (unpaired) electrons. The lowest BCUT2D eigenvalue weighted by Crippen LogP contribution is -2.43. The Kier molecular flexibility index (Phi) is 3.59. The van der Waals surface area contributed by atoms with Crippen LogP contribution in [0.3, 0.4) is 0 Å². The summed E-state index contributed by atoms with van der Waals surface area (Å²) in [4.78, 5) is 21.2. The first-order chi connectivity index (χ1) is 5.37. The monoisotopic (exact) mass is 181 g/mol. The number of aliphatic carboxylic acids is 1. The highest BCUT2D eigenvalue weighted by Crippen LogP contribution is 2.03. The molecular weight excluding hydrogens is 172 g/mol. The summed E-state index contributed by atoms with van der Waals surface area (Å²) in [5.41, 5.74) is 0. The summed E-state index contributed by atoms with van der Waals surface area (Å²) in [5.74, 6) is -2.80. The molecule has 0 heterocycles. The molecule has 1 unspecified atom stereocenters. The molecule has 0 bridgehead atoms. The van der Waals surface area contributed by atoms with Crippen LogP contribution in [0.4, 0.5) is 8.78 Å². The first kappa shape index (κ1) is 10.8. The van der Waals surface area contributed by atoms with Crippen molar-refractivity contribution < 1.29 is 23.5 Å². The molecule has 1 N–H and O–H groups in total. The van der Waals surface area contributed by atoms with Crippen LogP contribution in [0.25, 0.3) is 0 Å². The number of likely N-dealkylation sites (N-methyl/N-ethyl adjacent to an activating group) is 1. The van der Waals surface area contributed by atoms with Gasteiger partial charge in [-0.05, 0) is 6.92 Å². The molecule has 0 aromatic rings. The Morgan fingerprint density at radius 2 is 1.83 bits per heavy atom. The van der Waals surface area contributed by atoms with Crippen molar-refractivity contribution in [3.05, 3.63) is 0 Å². The van der Waals surface area contributed by atoms with Crippen molar-refractivity contribution in [1.82, 2.24) is 4.90 Å². The summed E-state index contributed by atoms with van der Waals surface area (Å²) in [5, 5.41) is 8.34. The number of rotatable bonds is 3. The number of carboxylic acids is 1. The molecule has 0 spiro atoms. The van der Waals surface area contributed by atoms with Crippen molar-refractivity contribution in [2.45, 2.75) is 19.4 Å². The number of nitrogens with zero attached hydrogens (tertiary/aromatic N) is 1. The number of carbonyl (C=O) groups excluding carboxylic acids is 1. The summed E-state index contributed by atoms with van der Waals surface area (Å²) in [6.07, 6.45) is -3.16. The van der Waals surface area contributed by atoms with Crippen LogP contribution >= 0.6 is 0 Å². The van der Waals surface area contributed by atoms with Crippen molar-refractivity contribution in [3.63, 3.8) is 0 Å². The van der Waals surface area contributed by atoms with Crippen LogP contribution in [0, 0.1) is 0 Å². The molecule has 0 aliphatic rings. The number of alkyl halides is 2. The molecule has 0 aromatic carbocycles. The summed E-state index contributed by atoms with van der Waals surface area (Å²) < 4.78 is 23.4. The number of carboxylic acid groups (broad SMARTS) is 1. The van der Waals surface area contributed by atoms with Gasteiger partial charge in [0.1, 0.15) is 6.04 Å². The van der Waals surface area contributed by atoms with E-state index in [1.165, 1.54) is 0 Å². The molecule has 0 saturated heterocycles. The fraction of sp³-hybridized carbons (Fsp3) is 0.667. The van der Waals surface area contributed by atoms with Gasteiger partial charge in [-0.25, -0.2) is 4.79 Å². The van der Waals surface area contributed by atoms with Gasteiger partial charge in [-0.15, -0.1) is 0 Å². The number of halogens is 2. The Morgan fingerprint density at radius 3 is 2.08 bits per heavy atom. The minimum Gasteiger partial charge on any atom is -0.480 e. The van der Waals surface area contributed by atoms with Crippen LogP contribution < -0.4 is 0 Å². The predicted octanol–water partition coefficient (Wildman–Crippen LogP) is 0.183. The number of carbonyl (C=O) groups is 2. The molecule has 0 rings (SSSR count). The summed E-state index contributed by atoms with van der Waals surface area (Å²) in [7, 11) is 1.02. The van der Waals surface area contributed by atoms with E-state index >= 15 is 0 Å². The zero-order valence-corrected chi connectivity index (χ0v) is 6.62. The molecule has 6 heteroatoms. The fourth-order valence-corrected chi connectivity index (χ4v) is 0.510. The normalized spacial score (nSPS) is 12.8. The Labute approximate surface area is 67.8 Å². The van der Waals surface area contributed by atoms with E-state index in [-0.39, 0.29) is 0 Å². The van der Waals surface area contributed by atoms with Crippen LogP contribution in [-0.4, -0.2) is 41.4 Å². The average molecular weight is 181 g/mol. The standard InChI is InChI=1S/C6H9F2NO3/c1-3(6(11)12)9(2)5(10)4(7)8/h3-4H,1-2H3,(H,11,12). The van der Waals surface area contributed by atoms with Crippen molar-refractivity contribution in [2.24, 2.45) is 0 Å². The van der Waals surface area contributed by atoms with E-state index in [1.54, 1.807) is 0 Å². The highest BCUT2D eigenvalue weighted by molar-refractivity contribution is 5.84. The largest absolute Gasteiger partial charge is 0.480 e. The van der Waals surface area contributed by atoms with Gasteiger partial charge < -0.3 is 10.0 Å². The van der Waals surface area contributed by atoms with Crippen molar-refractivity contribution >= 4 is 11.9 Å². The summed E-state index contributed by atoms with van der Waals surface area (Å²) >= 11 is 0. The lowest BCUT2D eigenvalue weighted by atomic mass is 10.3. The van der Waals surface area contributed by atoms with Crippen LogP contribution in [0.15, 0.2) is 0 Å². The lowest BCUT2D eigenvalue weighted by molar-refractivity contribution is -0.153. The maximum atomic E-state index is 11.7. The van der Waals surface area contributed by atoms with Gasteiger partial charge in [0.25, 0.3) is 5.91 Å². The van der Waals surface area contributed by atoms with Gasteiger partial charge in [-0.3, -0.25) is 4.79 Å². The molecular formula is C6H9F2NO3. The van der Waals surface area contributed by atoms with Crippen LogP contribution in [-0.2, 0) is 9.59 Å². The van der Waals surface area contributed by atoms with E-state index in [1.807, 2.05) is 0 Å². The minimum absolute atomic E-state index is 0.493. The van der Waals surface area contributed by atoms with Crippen LogP contribution in [0.1, 0.15) is 6.92 Å². The quantitative estimate of drug-likeness (QED) is 0.675. The number of hydrogen-bond acceptors (Lipinski definition) is 2. The third kappa shape index (κ3) is 2.44. The first-order valence-electron chi connectivity index (χ1n) is 3.15. The molecule has 0 aromatic heterocycles. The predicted molar refractivity (Wildman–Crippen MR) is 35.9 cm³/mol. The average Bonchev–Trinajstić information content (AvgIpc) is 2.00. The van der Waals surface area contributed by atoms with Crippen LogP contribution in [0.2, 0.25) is 0 Å². The topological polar surface area (TPSA) is 57.6 Å². The third-order valence-electron chi connectivity index (χ3n) is 1.47. The molecule has 4 nitrogen and oxygen atoms in total. The Hall–Kier alpha value is -1.20. The Balaban J connectivity index is 4.29. The SMILES string of the molecule is CC(C(=O)O)N(C)C(=O)C(F)F. The molecule has 0 aliphatic heterocycles. The van der Waals surface area contributed by atoms with Crippen molar-refractivity contribution in [3.8, 4) is 0 Å². The Bertz CT molecular complexity index is 195. The van der Waals surface area contributed by atoms with E-state index in [4.69, 9.17) is 5.11 Å². The second kappa shape index (κ2) is 3.99. The van der Waals surface area contributed by atoms with Crippen LogP contribution in [0.5, 0.6) is 0 Å². The van der Waals surface area contributed by atoms with E-state index < -0.39 is 24.3 Å². The second-order valence-electron chi connectivity index (χ2n) is 2.26. The van der Waals surface area contributed by atoms with E-state index in [0.717, 1.165) is 14.0 Å². The lowest BCUT2D eigenvalue weighted by Gasteiger charge is -2.20. The van der Waals surface area contributed by atoms with Gasteiger partial charge in [0.15, 0.2) is 0 Å². The Morgan fingerprint density at radius 1 is 1.42 bits per heavy atom. The van der Waals surface area contributed by atoms with E-state index in [9.17, 15) is 18.4 Å². The van der Waals surface area contributed by atoms with Crippen molar-refractivity contribution in [2.75, 3.05) is 7.05 Å². The van der Waals surface area contributed by atoms with E-state index in [0.29, 0.717) is 4.90 Å². The molecule has 0 aliphatic carbocycles. The van der Waals surface area contributed by atoms with Gasteiger partial charge in [0.2, 0.25) is 0 Å². The zero-order valence-electron chi connectivity index (χ0n) is 6.62. The highest BCUT2D eigenvalue weighted by Gasteiger charge is 2.27. The number of amides is 1. The van der Waals surface area contributed by atoms with Gasteiger partial charge in [-0.2, -0.15) is 8.78 Å². The maximum Gasteiger partial charge on any atom is 0.326 e. The van der Waals surface area contributed by atoms with E-state index in [2.05, 4.69) is 0 Å². The number of hydrogen-bond donors (Lipinski definition) is 1. The zero-order chi connectivity index (χ0) is 9.89. The summed E-state index contributed by atoms with van der Waals surface area (Å²) in [6, 6.07) is -1.23. The van der Waals surface area contributed by atoms with Gasteiger partial charge in [0, 0.05) is 7.05 Å². The van der Waals surface area contributed by atoms with Gasteiger partial charge in [-0.1, -0.05) is 0 Å². The molecule has 70 valence electrons. The van der Waals surface area contributed by atoms with Crippen molar-refractivity contribution in [1.29, 1.82) is 0 Å². The van der Waals surface area contributed by atoms with Gasteiger partial charge >= 0.3 is 12.4 Å². The highest BCUT2D eigenvalue weighted by atomic mass is 19.3. The second-order valence-corrected chi connectivity index (χ2v) is 2.26. The molecule has 1 atom stereocenters. The minimum atomic E-state index is -3.16. The molecule has 0 saturated carbocycles. The van der Waals surface area contributed by atoms with Gasteiger partial charge in [0.05, 0.1) is 0 Å². The molecule has 1 amide bonds.